The maximum absolute atomic E-state index is 13.2. The van der Waals surface area contributed by atoms with E-state index < -0.39 is 5.41 Å². The number of halogens is 3. The molecule has 32 heavy (non-hydrogen) atoms. The van der Waals surface area contributed by atoms with Gasteiger partial charge in [-0.25, -0.2) is 0 Å². The van der Waals surface area contributed by atoms with Crippen molar-refractivity contribution in [2.24, 2.45) is 5.41 Å². The highest BCUT2D eigenvalue weighted by atomic mass is 35.5. The number of aliphatic hydroxyl groups is 1. The molecule has 0 unspecified atom stereocenters. The fourth-order valence-corrected chi connectivity index (χ4v) is 4.53. The van der Waals surface area contributed by atoms with Gasteiger partial charge in [-0.1, -0.05) is 40.9 Å². The molecule has 2 amide bonds. The molecule has 0 spiro atoms. The summed E-state index contributed by atoms with van der Waals surface area (Å²) in [5.74, 6) is -0.402. The summed E-state index contributed by atoms with van der Waals surface area (Å²) < 4.78 is 0. The lowest BCUT2D eigenvalue weighted by Gasteiger charge is -2.44. The van der Waals surface area contributed by atoms with E-state index in [4.69, 9.17) is 34.8 Å². The third kappa shape index (κ3) is 5.23. The fourth-order valence-electron chi connectivity index (χ4n) is 4.10. The molecule has 2 atom stereocenters. The minimum atomic E-state index is -0.875. The highest BCUT2D eigenvalue weighted by Crippen LogP contribution is 2.35. The third-order valence-corrected chi connectivity index (χ3v) is 7.11. The number of hydrogen-bond donors (Lipinski definition) is 1. The van der Waals surface area contributed by atoms with E-state index >= 15 is 0 Å². The quantitative estimate of drug-likeness (QED) is 0.623. The third-order valence-electron chi connectivity index (χ3n) is 6.12. The van der Waals surface area contributed by atoms with Crippen molar-refractivity contribution in [3.8, 4) is 0 Å². The maximum Gasteiger partial charge on any atom is 0.253 e. The van der Waals surface area contributed by atoms with Crippen LogP contribution in [0, 0.1) is 5.41 Å². The van der Waals surface area contributed by atoms with Crippen LogP contribution in [0.2, 0.25) is 15.1 Å². The van der Waals surface area contributed by atoms with Crippen LogP contribution < -0.4 is 0 Å². The number of benzene rings is 2. The Kier molecular flexibility index (Phi) is 7.77. The van der Waals surface area contributed by atoms with E-state index in [0.29, 0.717) is 40.1 Å². The van der Waals surface area contributed by atoms with Crippen LogP contribution in [0.3, 0.4) is 0 Å². The van der Waals surface area contributed by atoms with Gasteiger partial charge in [0.2, 0.25) is 5.91 Å². The summed E-state index contributed by atoms with van der Waals surface area (Å²) in [7, 11) is 1.78. The Bertz CT molecular complexity index is 994. The summed E-state index contributed by atoms with van der Waals surface area (Å²) in [6.45, 7) is 4.11. The summed E-state index contributed by atoms with van der Waals surface area (Å²) in [4.78, 5) is 29.7. The van der Waals surface area contributed by atoms with Gasteiger partial charge >= 0.3 is 0 Å². The van der Waals surface area contributed by atoms with E-state index in [1.165, 1.54) is 0 Å². The van der Waals surface area contributed by atoms with Crippen molar-refractivity contribution in [1.29, 1.82) is 0 Å². The van der Waals surface area contributed by atoms with Crippen LogP contribution in [0.1, 0.15) is 42.1 Å². The Morgan fingerprint density at radius 1 is 1.09 bits per heavy atom. The number of aliphatic hydroxyl groups excluding tert-OH is 1. The van der Waals surface area contributed by atoms with Crippen molar-refractivity contribution < 1.29 is 14.7 Å². The van der Waals surface area contributed by atoms with Crippen molar-refractivity contribution >= 4 is 46.6 Å². The lowest BCUT2D eigenvalue weighted by Crippen LogP contribution is -2.54. The Morgan fingerprint density at radius 2 is 1.75 bits per heavy atom. The summed E-state index contributed by atoms with van der Waals surface area (Å²) in [5, 5.41) is 11.1. The van der Waals surface area contributed by atoms with Crippen molar-refractivity contribution in [2.75, 3.05) is 26.7 Å². The number of likely N-dealkylation sites (tertiary alicyclic amines) is 1. The number of amides is 2. The zero-order chi connectivity index (χ0) is 23.6. The molecule has 2 aromatic carbocycles. The molecule has 172 valence electrons. The highest BCUT2D eigenvalue weighted by molar-refractivity contribution is 6.42. The van der Waals surface area contributed by atoms with E-state index in [0.717, 1.165) is 5.56 Å². The standard InChI is InChI=1S/C24H27Cl3N2O3/c1-24(2,14-30)23(32)29-11-10-21(18(13-29)16-6-9-19(26)20(27)12-16)28(3)22(31)15-4-7-17(25)8-5-15/h4-9,12,18,21,30H,10-11,13-14H2,1-3H3/t18-,21+/m0/s1. The summed E-state index contributed by atoms with van der Waals surface area (Å²) >= 11 is 18.4. The topological polar surface area (TPSA) is 60.9 Å². The molecule has 1 aliphatic rings. The summed E-state index contributed by atoms with van der Waals surface area (Å²) in [6.07, 6.45) is 0.591. The zero-order valence-electron chi connectivity index (χ0n) is 18.3. The van der Waals surface area contributed by atoms with Crippen LogP contribution in [0.25, 0.3) is 0 Å². The molecule has 1 aliphatic heterocycles. The predicted octanol–water partition coefficient (Wildman–Crippen LogP) is 5.12. The first-order valence-electron chi connectivity index (χ1n) is 10.4. The van der Waals surface area contributed by atoms with Crippen LogP contribution in [0.15, 0.2) is 42.5 Å². The highest BCUT2D eigenvalue weighted by Gasteiger charge is 2.40. The lowest BCUT2D eigenvalue weighted by atomic mass is 9.83. The van der Waals surface area contributed by atoms with Crippen LogP contribution >= 0.6 is 34.8 Å². The molecule has 1 heterocycles. The number of rotatable bonds is 5. The van der Waals surface area contributed by atoms with Gasteiger partial charge in [0, 0.05) is 42.7 Å². The van der Waals surface area contributed by atoms with Gasteiger partial charge < -0.3 is 14.9 Å². The molecular formula is C24H27Cl3N2O3. The molecule has 0 aromatic heterocycles. The second-order valence-corrected chi connectivity index (χ2v) is 10.1. The fraction of sp³-hybridized carbons (Fsp3) is 0.417. The Labute approximate surface area is 203 Å². The van der Waals surface area contributed by atoms with E-state index in [2.05, 4.69) is 0 Å². The number of nitrogens with zero attached hydrogens (tertiary/aromatic N) is 2. The molecule has 2 aromatic rings. The average molecular weight is 498 g/mol. The van der Waals surface area contributed by atoms with Gasteiger partial charge in [-0.15, -0.1) is 0 Å². The number of piperidine rings is 1. The van der Waals surface area contributed by atoms with Gasteiger partial charge in [0.1, 0.15) is 0 Å². The molecule has 0 radical (unpaired) electrons. The Morgan fingerprint density at radius 3 is 2.34 bits per heavy atom. The average Bonchev–Trinajstić information content (AvgIpc) is 2.79. The Balaban J connectivity index is 1.93. The first-order valence-corrected chi connectivity index (χ1v) is 11.6. The maximum atomic E-state index is 13.2. The molecular weight excluding hydrogens is 471 g/mol. The van der Waals surface area contributed by atoms with Gasteiger partial charge in [-0.2, -0.15) is 0 Å². The van der Waals surface area contributed by atoms with Crippen LogP contribution in [-0.2, 0) is 4.79 Å². The number of carbonyl (C=O) groups excluding carboxylic acids is 2. The van der Waals surface area contributed by atoms with E-state index in [-0.39, 0.29) is 30.4 Å². The molecule has 1 N–H and O–H groups in total. The molecule has 5 nitrogen and oxygen atoms in total. The van der Waals surface area contributed by atoms with E-state index in [1.54, 1.807) is 67.1 Å². The van der Waals surface area contributed by atoms with Crippen molar-refractivity contribution in [2.45, 2.75) is 32.2 Å². The number of hydrogen-bond acceptors (Lipinski definition) is 3. The first-order chi connectivity index (χ1) is 15.0. The first kappa shape index (κ1) is 24.8. The normalized spacial score (nSPS) is 19.0. The molecule has 8 heteroatoms. The van der Waals surface area contributed by atoms with Crippen molar-refractivity contribution in [3.63, 3.8) is 0 Å². The number of carbonyl (C=O) groups is 2. The van der Waals surface area contributed by atoms with E-state index in [9.17, 15) is 14.7 Å². The van der Waals surface area contributed by atoms with Gasteiger partial charge in [0.25, 0.3) is 5.91 Å². The molecule has 0 saturated carbocycles. The van der Waals surface area contributed by atoms with Crippen molar-refractivity contribution in [3.05, 3.63) is 68.7 Å². The van der Waals surface area contributed by atoms with Crippen LogP contribution in [-0.4, -0.2) is 59.5 Å². The van der Waals surface area contributed by atoms with Crippen LogP contribution in [0.4, 0.5) is 0 Å². The lowest BCUT2D eigenvalue weighted by molar-refractivity contribution is -0.144. The number of likely N-dealkylation sites (N-methyl/N-ethyl adjacent to an activating group) is 1. The van der Waals surface area contributed by atoms with Gasteiger partial charge in [-0.05, 0) is 62.2 Å². The summed E-state index contributed by atoms with van der Waals surface area (Å²) in [5.41, 5.74) is 0.573. The predicted molar refractivity (Wildman–Crippen MR) is 129 cm³/mol. The second-order valence-electron chi connectivity index (χ2n) is 8.85. The largest absolute Gasteiger partial charge is 0.395 e. The SMILES string of the molecule is CN(C(=O)c1ccc(Cl)cc1)[C@@H]1CCN(C(=O)C(C)(C)CO)C[C@H]1c1ccc(Cl)c(Cl)c1. The molecule has 3 rings (SSSR count). The Hall–Kier alpha value is -1.79. The van der Waals surface area contributed by atoms with Crippen molar-refractivity contribution in [1.82, 2.24) is 9.80 Å². The molecule has 0 aliphatic carbocycles. The van der Waals surface area contributed by atoms with Gasteiger partial charge in [0.05, 0.1) is 22.1 Å². The van der Waals surface area contributed by atoms with Gasteiger partial charge in [-0.3, -0.25) is 9.59 Å². The zero-order valence-corrected chi connectivity index (χ0v) is 20.6. The molecule has 0 bridgehead atoms. The van der Waals surface area contributed by atoms with Gasteiger partial charge in [0.15, 0.2) is 0 Å². The monoisotopic (exact) mass is 496 g/mol. The van der Waals surface area contributed by atoms with Crippen LogP contribution in [0.5, 0.6) is 0 Å². The smallest absolute Gasteiger partial charge is 0.253 e. The minimum absolute atomic E-state index is 0.116. The second kappa shape index (κ2) is 10.0. The molecule has 1 fully saturated rings. The summed E-state index contributed by atoms with van der Waals surface area (Å²) in [6, 6.07) is 12.1. The van der Waals surface area contributed by atoms with E-state index in [1.807, 2.05) is 6.07 Å². The molecule has 1 saturated heterocycles. The minimum Gasteiger partial charge on any atom is -0.395 e.